The van der Waals surface area contributed by atoms with Gasteiger partial charge in [-0.3, -0.25) is 14.6 Å². The largest absolute Gasteiger partial charge is 0.380 e. The number of likely N-dealkylation sites (tertiary alicyclic amines) is 1. The number of nitrogens with zero attached hydrogens (tertiary/aromatic N) is 7. The van der Waals surface area contributed by atoms with Gasteiger partial charge in [-0.2, -0.15) is 5.10 Å². The summed E-state index contributed by atoms with van der Waals surface area (Å²) >= 11 is 0. The molecule has 3 aliphatic heterocycles. The van der Waals surface area contributed by atoms with Crippen LogP contribution >= 0.6 is 0 Å². The van der Waals surface area contributed by atoms with Crippen LogP contribution in [-0.2, 0) is 20.0 Å². The molecule has 2 bridgehead atoms. The van der Waals surface area contributed by atoms with Crippen LogP contribution in [0.4, 0.5) is 26.1 Å². The van der Waals surface area contributed by atoms with E-state index in [9.17, 15) is 8.78 Å². The summed E-state index contributed by atoms with van der Waals surface area (Å²) in [7, 11) is 2.02. The number of rotatable bonds is 4. The van der Waals surface area contributed by atoms with Gasteiger partial charge < -0.3 is 20.1 Å². The molecular formula is C39H45F2N9. The van der Waals surface area contributed by atoms with Crippen LogP contribution < -0.4 is 15.5 Å². The van der Waals surface area contributed by atoms with E-state index in [-0.39, 0.29) is 6.04 Å². The number of hydrogen-bond donors (Lipinski definition) is 2. The first kappa shape index (κ1) is 32.4. The van der Waals surface area contributed by atoms with Gasteiger partial charge >= 0.3 is 0 Å². The van der Waals surface area contributed by atoms with Gasteiger partial charge in [0, 0.05) is 91.5 Å². The number of halogens is 2. The second-order valence-corrected chi connectivity index (χ2v) is 14.2. The van der Waals surface area contributed by atoms with Crippen molar-refractivity contribution in [1.29, 1.82) is 0 Å². The third-order valence-electron chi connectivity index (χ3n) is 10.7. The first-order valence-corrected chi connectivity index (χ1v) is 18.0. The Morgan fingerprint density at radius 2 is 1.68 bits per heavy atom. The summed E-state index contributed by atoms with van der Waals surface area (Å²) in [6, 6.07) is 15.2. The van der Waals surface area contributed by atoms with Crippen molar-refractivity contribution in [3.05, 3.63) is 89.9 Å². The fraction of sp³-hybridized carbons (Fsp3) is 0.410. The lowest BCUT2D eigenvalue weighted by molar-refractivity contribution is 0.0868. The highest BCUT2D eigenvalue weighted by Gasteiger charge is 2.34. The standard InChI is InChI=1S/C39H45F2N9/c1-25-16-27-17-36(43-25)34-22-42-47(3)37(34)8-6-4-5-7-13-50-38-21-33(9-10-35(38)46-39(50)44-26(27)2)48-14-11-32(12-15-48)49-23-31(24-49)45-30-19-28(40)18-29(41)20-30/h9-10,16-22,31-32,45H,2,4-8,11-15,23-24H2,1,3H3,(H,44,46). The molecule has 9 nitrogen and oxygen atoms in total. The van der Waals surface area contributed by atoms with E-state index in [1.54, 1.807) is 0 Å². The molecule has 2 fully saturated rings. The van der Waals surface area contributed by atoms with Gasteiger partial charge in [0.2, 0.25) is 5.95 Å². The van der Waals surface area contributed by atoms with E-state index in [0.29, 0.717) is 11.7 Å². The Balaban J connectivity index is 0.971. The van der Waals surface area contributed by atoms with E-state index in [0.717, 1.165) is 129 Å². The third-order valence-corrected chi connectivity index (χ3v) is 10.7. The maximum atomic E-state index is 13.6. The van der Waals surface area contributed by atoms with Crippen molar-refractivity contribution < 1.29 is 8.78 Å². The van der Waals surface area contributed by atoms with Crippen molar-refractivity contribution >= 4 is 34.1 Å². The molecule has 50 heavy (non-hydrogen) atoms. The van der Waals surface area contributed by atoms with Crippen LogP contribution in [0.15, 0.2) is 61.3 Å². The molecule has 5 aromatic rings. The fourth-order valence-corrected chi connectivity index (χ4v) is 7.97. The highest BCUT2D eigenvalue weighted by molar-refractivity contribution is 5.85. The summed E-state index contributed by atoms with van der Waals surface area (Å²) in [4.78, 5) is 14.9. The van der Waals surface area contributed by atoms with Gasteiger partial charge in [-0.05, 0) is 81.5 Å². The van der Waals surface area contributed by atoms with Gasteiger partial charge in [-0.1, -0.05) is 19.4 Å². The number of fused-ring (bicyclic) bond motifs is 7. The van der Waals surface area contributed by atoms with Crippen molar-refractivity contribution in [2.45, 2.75) is 70.5 Å². The van der Waals surface area contributed by atoms with Gasteiger partial charge in [0.1, 0.15) is 11.6 Å². The molecule has 2 aromatic carbocycles. The molecule has 2 saturated heterocycles. The lowest BCUT2D eigenvalue weighted by Crippen LogP contribution is -2.60. The van der Waals surface area contributed by atoms with Crippen LogP contribution in [0.25, 0.3) is 28.0 Å². The van der Waals surface area contributed by atoms with Crippen LogP contribution in [0.1, 0.15) is 55.5 Å². The molecule has 0 aliphatic carbocycles. The third kappa shape index (κ3) is 6.58. The highest BCUT2D eigenvalue weighted by atomic mass is 19.1. The molecule has 0 unspecified atom stereocenters. The molecule has 0 saturated carbocycles. The van der Waals surface area contributed by atoms with Crippen molar-refractivity contribution in [3.63, 3.8) is 0 Å². The Hall–Kier alpha value is -4.77. The van der Waals surface area contributed by atoms with Gasteiger partial charge in [-0.15, -0.1) is 0 Å². The molecule has 8 rings (SSSR count). The average Bonchev–Trinajstić information content (AvgIpc) is 3.61. The minimum Gasteiger partial charge on any atom is -0.380 e. The van der Waals surface area contributed by atoms with E-state index in [1.165, 1.54) is 23.5 Å². The normalized spacial score (nSPS) is 18.2. The minimum atomic E-state index is -0.552. The number of anilines is 3. The van der Waals surface area contributed by atoms with Crippen molar-refractivity contribution in [2.24, 2.45) is 7.05 Å². The monoisotopic (exact) mass is 677 g/mol. The van der Waals surface area contributed by atoms with Gasteiger partial charge in [0.25, 0.3) is 0 Å². The molecule has 11 heteroatoms. The first-order valence-electron chi connectivity index (χ1n) is 18.0. The van der Waals surface area contributed by atoms with E-state index >= 15 is 0 Å². The van der Waals surface area contributed by atoms with E-state index in [2.05, 4.69) is 67.0 Å². The van der Waals surface area contributed by atoms with Crippen LogP contribution in [0.5, 0.6) is 0 Å². The number of pyridine rings is 1. The second-order valence-electron chi connectivity index (χ2n) is 14.2. The van der Waals surface area contributed by atoms with E-state index in [4.69, 9.17) is 9.97 Å². The molecule has 6 heterocycles. The molecule has 2 N–H and O–H groups in total. The smallest absolute Gasteiger partial charge is 0.208 e. The summed E-state index contributed by atoms with van der Waals surface area (Å²) in [5, 5.41) is 11.4. The Bertz CT molecular complexity index is 2010. The lowest BCUT2D eigenvalue weighted by atomic mass is 9.97. The molecule has 0 amide bonds. The summed E-state index contributed by atoms with van der Waals surface area (Å²) in [5.41, 5.74) is 9.82. The predicted molar refractivity (Wildman–Crippen MR) is 196 cm³/mol. The fourth-order valence-electron chi connectivity index (χ4n) is 7.97. The maximum Gasteiger partial charge on any atom is 0.208 e. The number of piperidine rings is 1. The number of benzene rings is 2. The quantitative estimate of drug-likeness (QED) is 0.206. The average molecular weight is 678 g/mol. The maximum absolute atomic E-state index is 13.6. The molecule has 0 atom stereocenters. The Labute approximate surface area is 292 Å². The highest BCUT2D eigenvalue weighted by Crippen LogP contribution is 2.32. The molecule has 260 valence electrons. The summed E-state index contributed by atoms with van der Waals surface area (Å²) in [6.45, 7) is 11.1. The van der Waals surface area contributed by atoms with Crippen LogP contribution in [-0.4, -0.2) is 67.5 Å². The van der Waals surface area contributed by atoms with Gasteiger partial charge in [-0.25, -0.2) is 13.8 Å². The summed E-state index contributed by atoms with van der Waals surface area (Å²) in [5.74, 6) is -0.288. The minimum absolute atomic E-state index is 0.210. The molecule has 3 aromatic heterocycles. The first-order chi connectivity index (χ1) is 24.3. The van der Waals surface area contributed by atoms with Gasteiger partial charge in [0.05, 0.1) is 29.0 Å². The predicted octanol–water partition coefficient (Wildman–Crippen LogP) is 7.38. The Morgan fingerprint density at radius 1 is 0.900 bits per heavy atom. The van der Waals surface area contributed by atoms with Crippen LogP contribution in [0, 0.1) is 18.6 Å². The summed E-state index contributed by atoms with van der Waals surface area (Å²) < 4.78 is 31.6. The van der Waals surface area contributed by atoms with E-state index in [1.807, 2.05) is 24.9 Å². The van der Waals surface area contributed by atoms with Crippen LogP contribution in [0.2, 0.25) is 0 Å². The zero-order valence-electron chi connectivity index (χ0n) is 28.9. The van der Waals surface area contributed by atoms with Gasteiger partial charge in [0.15, 0.2) is 0 Å². The molecule has 0 spiro atoms. The van der Waals surface area contributed by atoms with Crippen molar-refractivity contribution in [2.75, 3.05) is 41.7 Å². The number of hydrogen-bond acceptors (Lipinski definition) is 7. The Kier molecular flexibility index (Phi) is 8.76. The zero-order chi connectivity index (χ0) is 34.4. The van der Waals surface area contributed by atoms with Crippen molar-refractivity contribution in [1.82, 2.24) is 29.2 Å². The molecular weight excluding hydrogens is 632 g/mol. The molecule has 3 aliphatic rings. The topological polar surface area (TPSA) is 79.1 Å². The molecule has 0 radical (unpaired) electrons. The Morgan fingerprint density at radius 3 is 2.48 bits per heavy atom. The second kappa shape index (κ2) is 13.5. The van der Waals surface area contributed by atoms with E-state index < -0.39 is 11.6 Å². The number of aryl methyl sites for hydroxylation is 3. The number of imidazole rings is 1. The lowest BCUT2D eigenvalue weighted by Gasteiger charge is -2.47. The van der Waals surface area contributed by atoms with Crippen molar-refractivity contribution in [3.8, 4) is 11.3 Å². The SMILES string of the molecule is C=C1Nc2nc3ccc(N4CCC(N5CC(Nc6cc(F)cc(F)c6)C5)CC4)cc3n2CCCCCCc2c(cnn2C)-c2cc1cc(C)n2. The summed E-state index contributed by atoms with van der Waals surface area (Å²) in [6.07, 6.45) is 9.53. The van der Waals surface area contributed by atoms with Crippen LogP contribution in [0.3, 0.4) is 0 Å². The number of nitrogens with one attached hydrogen (secondary N) is 2. The zero-order valence-corrected chi connectivity index (χ0v) is 28.9. The number of aromatic nitrogens is 5.